The number of fused-ring (bicyclic) bond motifs is 1. The Balaban J connectivity index is 2.69. The van der Waals surface area contributed by atoms with Crippen molar-refractivity contribution in [2.45, 2.75) is 33.2 Å². The zero-order chi connectivity index (χ0) is 12.6. The summed E-state index contributed by atoms with van der Waals surface area (Å²) in [5.74, 6) is 0.258. The van der Waals surface area contributed by atoms with Crippen LogP contribution in [0.15, 0.2) is 24.3 Å². The molecule has 0 bridgehead atoms. The van der Waals surface area contributed by atoms with Crippen LogP contribution < -0.4 is 0 Å². The Kier molecular flexibility index (Phi) is 2.73. The first-order valence-corrected chi connectivity index (χ1v) is 5.80. The molecular formula is C13H17N3O. The normalized spacial score (nSPS) is 15.1. The topological polar surface area (TPSA) is 47.8 Å². The molecule has 1 aromatic heterocycles. The Morgan fingerprint density at radius 1 is 1.35 bits per heavy atom. The van der Waals surface area contributed by atoms with Crippen molar-refractivity contribution in [3.63, 3.8) is 0 Å². The summed E-state index contributed by atoms with van der Waals surface area (Å²) in [6.07, 6.45) is 0. The van der Waals surface area contributed by atoms with Crippen LogP contribution in [0.2, 0.25) is 0 Å². The molecule has 0 fully saturated rings. The molecule has 0 saturated carbocycles. The van der Waals surface area contributed by atoms with Crippen molar-refractivity contribution in [2.75, 3.05) is 0 Å². The second-order valence-electron chi connectivity index (χ2n) is 4.85. The summed E-state index contributed by atoms with van der Waals surface area (Å²) in [6.45, 7) is 7.58. The van der Waals surface area contributed by atoms with Crippen LogP contribution in [0.5, 0.6) is 0 Å². The summed E-state index contributed by atoms with van der Waals surface area (Å²) in [5, 5.41) is 8.27. The largest absolute Gasteiger partial charge is 0.297 e. The predicted octanol–water partition coefficient (Wildman–Crippen LogP) is 2.39. The number of carbonyl (C=O) groups excluding carboxylic acids is 1. The molecule has 17 heavy (non-hydrogen) atoms. The highest BCUT2D eigenvalue weighted by Gasteiger charge is 2.37. The molecular weight excluding hydrogens is 214 g/mol. The number of para-hydroxylation sites is 1. The molecule has 1 unspecified atom stereocenters. The van der Waals surface area contributed by atoms with E-state index in [4.69, 9.17) is 0 Å². The first-order chi connectivity index (χ1) is 7.98. The molecule has 2 aromatic rings. The number of rotatable bonds is 3. The van der Waals surface area contributed by atoms with Crippen molar-refractivity contribution in [3.05, 3.63) is 24.3 Å². The molecule has 0 aliphatic heterocycles. The minimum Gasteiger partial charge on any atom is -0.297 e. The Morgan fingerprint density at radius 2 is 2.00 bits per heavy atom. The van der Waals surface area contributed by atoms with Crippen LogP contribution in [-0.4, -0.2) is 20.8 Å². The number of carbonyl (C=O) groups is 1. The second kappa shape index (κ2) is 3.95. The minimum atomic E-state index is -0.643. The lowest BCUT2D eigenvalue weighted by atomic mass is 9.85. The average molecular weight is 231 g/mol. The van der Waals surface area contributed by atoms with Crippen LogP contribution in [0.4, 0.5) is 0 Å². The molecule has 0 spiro atoms. The highest BCUT2D eigenvalue weighted by atomic mass is 16.1. The molecule has 0 radical (unpaired) electrons. The Morgan fingerprint density at radius 3 is 2.59 bits per heavy atom. The average Bonchev–Trinajstić information content (AvgIpc) is 2.71. The van der Waals surface area contributed by atoms with Gasteiger partial charge in [-0.05, 0) is 31.9 Å². The van der Waals surface area contributed by atoms with Crippen molar-refractivity contribution in [1.29, 1.82) is 0 Å². The monoisotopic (exact) mass is 231 g/mol. The number of Topliss-reactive ketones (excluding diaryl/α,β-unsaturated/α-hetero) is 1. The highest BCUT2D eigenvalue weighted by Crippen LogP contribution is 2.29. The second-order valence-corrected chi connectivity index (χ2v) is 4.85. The summed E-state index contributed by atoms with van der Waals surface area (Å²) < 4.78 is 1.75. The number of aromatic nitrogens is 3. The highest BCUT2D eigenvalue weighted by molar-refractivity contribution is 5.86. The molecule has 4 nitrogen and oxygen atoms in total. The van der Waals surface area contributed by atoms with Gasteiger partial charge < -0.3 is 0 Å². The predicted molar refractivity (Wildman–Crippen MR) is 66.7 cm³/mol. The first kappa shape index (κ1) is 11.8. The maximum atomic E-state index is 12.0. The van der Waals surface area contributed by atoms with E-state index in [1.165, 1.54) is 0 Å². The lowest BCUT2D eigenvalue weighted by molar-refractivity contribution is -0.127. The number of benzene rings is 1. The van der Waals surface area contributed by atoms with Gasteiger partial charge in [0.2, 0.25) is 0 Å². The van der Waals surface area contributed by atoms with Gasteiger partial charge in [0.1, 0.15) is 11.1 Å². The minimum absolute atomic E-state index is 0.100. The quantitative estimate of drug-likeness (QED) is 0.815. The van der Waals surface area contributed by atoms with E-state index in [0.717, 1.165) is 11.0 Å². The third kappa shape index (κ3) is 1.64. The molecule has 0 amide bonds. The maximum Gasteiger partial charge on any atom is 0.157 e. The summed E-state index contributed by atoms with van der Waals surface area (Å²) in [7, 11) is 0. The number of hydrogen-bond acceptors (Lipinski definition) is 3. The lowest BCUT2D eigenvalue weighted by Gasteiger charge is -2.31. The molecule has 90 valence electrons. The van der Waals surface area contributed by atoms with Crippen molar-refractivity contribution in [1.82, 2.24) is 15.0 Å². The van der Waals surface area contributed by atoms with Gasteiger partial charge in [0.05, 0.1) is 5.52 Å². The number of hydrogen-bond donors (Lipinski definition) is 0. The Labute approximate surface area is 101 Å². The number of nitrogens with zero attached hydrogens (tertiary/aromatic N) is 3. The third-order valence-electron chi connectivity index (χ3n) is 3.63. The molecule has 0 N–H and O–H groups in total. The van der Waals surface area contributed by atoms with E-state index >= 15 is 0 Å². The van der Waals surface area contributed by atoms with E-state index in [2.05, 4.69) is 10.3 Å². The molecule has 4 heteroatoms. The van der Waals surface area contributed by atoms with Crippen LogP contribution in [-0.2, 0) is 10.3 Å². The van der Waals surface area contributed by atoms with E-state index in [-0.39, 0.29) is 11.7 Å². The van der Waals surface area contributed by atoms with E-state index in [0.29, 0.717) is 0 Å². The van der Waals surface area contributed by atoms with Crippen LogP contribution in [0.25, 0.3) is 11.0 Å². The van der Waals surface area contributed by atoms with E-state index in [1.54, 1.807) is 11.6 Å². The van der Waals surface area contributed by atoms with Gasteiger partial charge in [-0.1, -0.05) is 31.2 Å². The fraction of sp³-hybridized carbons (Fsp3) is 0.462. The van der Waals surface area contributed by atoms with Gasteiger partial charge in [-0.25, -0.2) is 4.68 Å². The van der Waals surface area contributed by atoms with Crippen LogP contribution in [0.3, 0.4) is 0 Å². The van der Waals surface area contributed by atoms with Gasteiger partial charge in [-0.2, -0.15) is 0 Å². The summed E-state index contributed by atoms with van der Waals surface area (Å²) >= 11 is 0. The van der Waals surface area contributed by atoms with Crippen LogP contribution in [0, 0.1) is 5.92 Å². The van der Waals surface area contributed by atoms with Crippen molar-refractivity contribution in [2.24, 2.45) is 5.92 Å². The Hall–Kier alpha value is -1.71. The van der Waals surface area contributed by atoms with Gasteiger partial charge in [0.25, 0.3) is 0 Å². The summed E-state index contributed by atoms with van der Waals surface area (Å²) in [5.41, 5.74) is 1.08. The molecule has 0 aliphatic rings. The van der Waals surface area contributed by atoms with Gasteiger partial charge in [0, 0.05) is 0 Å². The molecule has 1 aromatic carbocycles. The van der Waals surface area contributed by atoms with Crippen LogP contribution >= 0.6 is 0 Å². The smallest absolute Gasteiger partial charge is 0.157 e. The maximum absolute atomic E-state index is 12.0. The zero-order valence-corrected chi connectivity index (χ0v) is 10.6. The fourth-order valence-electron chi connectivity index (χ4n) is 2.01. The van der Waals surface area contributed by atoms with E-state index < -0.39 is 5.54 Å². The first-order valence-electron chi connectivity index (χ1n) is 5.80. The Bertz CT molecular complexity index is 559. The van der Waals surface area contributed by atoms with Crippen molar-refractivity contribution >= 4 is 16.8 Å². The van der Waals surface area contributed by atoms with Crippen LogP contribution in [0.1, 0.15) is 27.7 Å². The van der Waals surface area contributed by atoms with Gasteiger partial charge >= 0.3 is 0 Å². The van der Waals surface area contributed by atoms with Gasteiger partial charge in [-0.15, -0.1) is 5.10 Å². The van der Waals surface area contributed by atoms with Gasteiger partial charge in [0.15, 0.2) is 5.78 Å². The van der Waals surface area contributed by atoms with Crippen molar-refractivity contribution < 1.29 is 4.79 Å². The summed E-state index contributed by atoms with van der Waals surface area (Å²) in [4.78, 5) is 12.0. The SMILES string of the molecule is CC(=O)C(C)(C(C)C)n1nnc2ccccc21. The standard InChI is InChI=1S/C13H17N3O/c1-9(2)13(4,10(3)17)16-12-8-6-5-7-11(12)14-15-16/h5-9H,1-4H3. The fourth-order valence-corrected chi connectivity index (χ4v) is 2.01. The molecule has 0 saturated heterocycles. The van der Waals surface area contributed by atoms with Crippen molar-refractivity contribution in [3.8, 4) is 0 Å². The summed E-state index contributed by atoms with van der Waals surface area (Å²) in [6, 6.07) is 7.70. The molecule has 0 aliphatic carbocycles. The number of ketones is 1. The van der Waals surface area contributed by atoms with Gasteiger partial charge in [-0.3, -0.25) is 4.79 Å². The lowest BCUT2D eigenvalue weighted by Crippen LogP contribution is -2.43. The molecule has 1 atom stereocenters. The zero-order valence-electron chi connectivity index (χ0n) is 10.6. The third-order valence-corrected chi connectivity index (χ3v) is 3.63. The molecule has 2 rings (SSSR count). The van der Waals surface area contributed by atoms with E-state index in [9.17, 15) is 4.79 Å². The van der Waals surface area contributed by atoms with E-state index in [1.807, 2.05) is 45.0 Å². The molecule has 1 heterocycles.